The summed E-state index contributed by atoms with van der Waals surface area (Å²) >= 11 is 0. The molecular formula is C13H14N2. The second-order valence-corrected chi connectivity index (χ2v) is 4.05. The Morgan fingerprint density at radius 1 is 0.867 bits per heavy atom. The van der Waals surface area contributed by atoms with E-state index < -0.39 is 0 Å². The molecule has 0 aliphatic rings. The molecule has 2 rings (SSSR count). The minimum Gasteiger partial charge on any atom is -0.204 e. The van der Waals surface area contributed by atoms with Crippen LogP contribution in [0.25, 0.3) is 10.8 Å². The quantitative estimate of drug-likeness (QED) is 0.658. The van der Waals surface area contributed by atoms with Gasteiger partial charge in [-0.2, -0.15) is 5.11 Å². The second kappa shape index (κ2) is 3.46. The second-order valence-electron chi connectivity index (χ2n) is 4.05. The summed E-state index contributed by atoms with van der Waals surface area (Å²) in [5, 5.41) is 5.96. The van der Waals surface area contributed by atoms with Crippen LogP contribution in [0.4, 0.5) is 5.69 Å². The van der Waals surface area contributed by atoms with Gasteiger partial charge in [0.2, 0.25) is 0 Å². The van der Waals surface area contributed by atoms with Crippen molar-refractivity contribution in [2.45, 2.75) is 20.8 Å². The van der Waals surface area contributed by atoms with Gasteiger partial charge in [0.15, 0.2) is 0 Å². The number of aryl methyl sites for hydroxylation is 3. The molecule has 0 bridgehead atoms. The summed E-state index contributed by atoms with van der Waals surface area (Å²) in [6.45, 7) is 6.27. The summed E-state index contributed by atoms with van der Waals surface area (Å²) in [5.74, 6) is 0. The van der Waals surface area contributed by atoms with E-state index in [9.17, 15) is 0 Å². The van der Waals surface area contributed by atoms with Crippen LogP contribution < -0.4 is 0 Å². The van der Waals surface area contributed by atoms with Crippen molar-refractivity contribution in [1.82, 2.24) is 0 Å². The Morgan fingerprint density at radius 2 is 1.47 bits per heavy atom. The predicted octanol–water partition coefficient (Wildman–Crippen LogP) is 4.43. The minimum absolute atomic E-state index is 0.729. The molecule has 0 saturated heterocycles. The lowest BCUT2D eigenvalue weighted by molar-refractivity contribution is 1.15. The maximum atomic E-state index is 7.05. The van der Waals surface area contributed by atoms with E-state index in [0.717, 1.165) is 5.69 Å². The third-order valence-corrected chi connectivity index (χ3v) is 2.74. The van der Waals surface area contributed by atoms with Crippen molar-refractivity contribution in [1.29, 1.82) is 5.53 Å². The third kappa shape index (κ3) is 1.63. The molecule has 0 aliphatic heterocycles. The first-order valence-corrected chi connectivity index (χ1v) is 5.01. The monoisotopic (exact) mass is 198 g/mol. The van der Waals surface area contributed by atoms with E-state index in [4.69, 9.17) is 5.53 Å². The molecular weight excluding hydrogens is 184 g/mol. The molecule has 0 saturated carbocycles. The van der Waals surface area contributed by atoms with Crippen LogP contribution in [-0.4, -0.2) is 0 Å². The normalized spacial score (nSPS) is 10.6. The van der Waals surface area contributed by atoms with Crippen LogP contribution in [0, 0.1) is 26.3 Å². The molecule has 0 heterocycles. The Bertz CT molecular complexity index is 542. The summed E-state index contributed by atoms with van der Waals surface area (Å²) in [5.41, 5.74) is 11.5. The molecule has 0 unspecified atom stereocenters. The summed E-state index contributed by atoms with van der Waals surface area (Å²) < 4.78 is 0. The summed E-state index contributed by atoms with van der Waals surface area (Å²) in [4.78, 5) is 0. The zero-order chi connectivity index (χ0) is 11.0. The van der Waals surface area contributed by atoms with Gasteiger partial charge in [-0.25, -0.2) is 5.53 Å². The lowest BCUT2D eigenvalue weighted by Crippen LogP contribution is -1.84. The van der Waals surface area contributed by atoms with E-state index in [0.29, 0.717) is 0 Å². The number of rotatable bonds is 1. The van der Waals surface area contributed by atoms with Gasteiger partial charge in [-0.05, 0) is 54.8 Å². The van der Waals surface area contributed by atoms with Gasteiger partial charge in [-0.3, -0.25) is 0 Å². The maximum absolute atomic E-state index is 7.05. The van der Waals surface area contributed by atoms with Crippen LogP contribution in [0.3, 0.4) is 0 Å². The van der Waals surface area contributed by atoms with Crippen molar-refractivity contribution < 1.29 is 0 Å². The Kier molecular flexibility index (Phi) is 2.27. The Hall–Kier alpha value is -1.70. The van der Waals surface area contributed by atoms with Gasteiger partial charge in [0.25, 0.3) is 0 Å². The fourth-order valence-electron chi connectivity index (χ4n) is 2.05. The lowest BCUT2D eigenvalue weighted by Gasteiger charge is -2.08. The molecule has 2 nitrogen and oxygen atoms in total. The number of fused-ring (bicyclic) bond motifs is 1. The molecule has 0 spiro atoms. The van der Waals surface area contributed by atoms with E-state index in [1.807, 2.05) is 12.1 Å². The lowest BCUT2D eigenvalue weighted by atomic mass is 9.98. The molecule has 1 N–H and O–H groups in total. The van der Waals surface area contributed by atoms with Crippen LogP contribution in [-0.2, 0) is 0 Å². The average Bonchev–Trinajstić information content (AvgIpc) is 2.19. The van der Waals surface area contributed by atoms with Crippen LogP contribution in [0.15, 0.2) is 29.4 Å². The van der Waals surface area contributed by atoms with E-state index in [-0.39, 0.29) is 0 Å². The van der Waals surface area contributed by atoms with E-state index in [1.165, 1.54) is 27.5 Å². The summed E-state index contributed by atoms with van der Waals surface area (Å²) in [6, 6.07) is 8.28. The molecule has 0 aromatic heterocycles. The highest BCUT2D eigenvalue weighted by Crippen LogP contribution is 2.28. The molecule has 2 aromatic rings. The first-order valence-electron chi connectivity index (χ1n) is 5.01. The number of nitrogens with zero attached hydrogens (tertiary/aromatic N) is 1. The van der Waals surface area contributed by atoms with Crippen LogP contribution in [0.5, 0.6) is 0 Å². The predicted molar refractivity (Wildman–Crippen MR) is 63.0 cm³/mol. The Balaban J connectivity index is 2.91. The molecule has 0 fully saturated rings. The van der Waals surface area contributed by atoms with E-state index in [2.05, 4.69) is 38.0 Å². The van der Waals surface area contributed by atoms with E-state index in [1.54, 1.807) is 0 Å². The van der Waals surface area contributed by atoms with Gasteiger partial charge in [-0.15, -0.1) is 0 Å². The fourth-order valence-corrected chi connectivity index (χ4v) is 2.05. The number of nitrogens with one attached hydrogen (secondary N) is 1. The zero-order valence-electron chi connectivity index (χ0n) is 9.26. The van der Waals surface area contributed by atoms with Gasteiger partial charge in [0.1, 0.15) is 0 Å². The Morgan fingerprint density at radius 3 is 2.13 bits per heavy atom. The maximum Gasteiger partial charge on any atom is 0.0859 e. The molecule has 2 aromatic carbocycles. The number of hydrogen-bond acceptors (Lipinski definition) is 2. The standard InChI is InChI=1S/C13H14N2/c1-8-4-9(2)13-7-11(15-14)6-10(3)12(13)5-8/h4-7,14H,1-3H3. The fraction of sp³-hybridized carbons (Fsp3) is 0.231. The first kappa shape index (κ1) is 9.84. The zero-order valence-corrected chi connectivity index (χ0v) is 9.26. The van der Waals surface area contributed by atoms with Crippen molar-refractivity contribution in [3.63, 3.8) is 0 Å². The van der Waals surface area contributed by atoms with Gasteiger partial charge in [0, 0.05) is 0 Å². The van der Waals surface area contributed by atoms with E-state index >= 15 is 0 Å². The highest BCUT2D eigenvalue weighted by Gasteiger charge is 2.03. The molecule has 0 aliphatic carbocycles. The van der Waals surface area contributed by atoms with Gasteiger partial charge in [0.05, 0.1) is 5.69 Å². The van der Waals surface area contributed by atoms with Gasteiger partial charge < -0.3 is 0 Å². The van der Waals surface area contributed by atoms with Crippen LogP contribution >= 0.6 is 0 Å². The van der Waals surface area contributed by atoms with Crippen molar-refractivity contribution in [2.75, 3.05) is 0 Å². The average molecular weight is 198 g/mol. The molecule has 0 atom stereocenters. The van der Waals surface area contributed by atoms with Gasteiger partial charge >= 0.3 is 0 Å². The smallest absolute Gasteiger partial charge is 0.0859 e. The van der Waals surface area contributed by atoms with Crippen LogP contribution in [0.2, 0.25) is 0 Å². The Labute approximate surface area is 89.4 Å². The first-order chi connectivity index (χ1) is 7.11. The molecule has 0 radical (unpaired) electrons. The minimum atomic E-state index is 0.729. The van der Waals surface area contributed by atoms with Crippen molar-refractivity contribution in [2.24, 2.45) is 5.11 Å². The summed E-state index contributed by atoms with van der Waals surface area (Å²) in [7, 11) is 0. The van der Waals surface area contributed by atoms with Gasteiger partial charge in [-0.1, -0.05) is 17.7 Å². The summed E-state index contributed by atoms with van der Waals surface area (Å²) in [6.07, 6.45) is 0. The molecule has 0 amide bonds. The van der Waals surface area contributed by atoms with Crippen molar-refractivity contribution in [3.05, 3.63) is 41.0 Å². The third-order valence-electron chi connectivity index (χ3n) is 2.74. The number of benzene rings is 2. The largest absolute Gasteiger partial charge is 0.204 e. The highest BCUT2D eigenvalue weighted by atomic mass is 15.0. The molecule has 15 heavy (non-hydrogen) atoms. The number of hydrogen-bond donors (Lipinski definition) is 1. The SMILES string of the molecule is Cc1cc(C)c2cc(N=N)cc(C)c2c1. The van der Waals surface area contributed by atoms with Crippen LogP contribution in [0.1, 0.15) is 16.7 Å². The highest BCUT2D eigenvalue weighted by molar-refractivity contribution is 5.91. The molecule has 2 heteroatoms. The topological polar surface area (TPSA) is 36.2 Å². The van der Waals surface area contributed by atoms with Crippen molar-refractivity contribution in [3.8, 4) is 0 Å². The van der Waals surface area contributed by atoms with Crippen molar-refractivity contribution >= 4 is 16.5 Å². The molecule has 76 valence electrons.